The SMILES string of the molecule is COC[C@H](C[C@H]1O[C@H](CNC(=O)[C@@H](O)[C@@]2(OC)CC[C@@H](C)[C@@H](C)O2)C[C@@H](OC)C1(C)C)OC. The number of hydrogen-bond acceptors (Lipinski definition) is 8. The maximum Gasteiger partial charge on any atom is 0.254 e. The molecule has 0 saturated carbocycles. The predicted molar refractivity (Wildman–Crippen MR) is 123 cm³/mol. The molecule has 2 saturated heterocycles. The van der Waals surface area contributed by atoms with Gasteiger partial charge in [-0.15, -0.1) is 0 Å². The first kappa shape index (κ1) is 28.4. The van der Waals surface area contributed by atoms with Gasteiger partial charge in [0, 0.05) is 59.7 Å². The first-order valence-electron chi connectivity index (χ1n) is 11.9. The molecule has 0 spiro atoms. The number of amides is 1. The van der Waals surface area contributed by atoms with E-state index in [1.807, 2.05) is 6.92 Å². The molecular formula is C24H45NO8. The van der Waals surface area contributed by atoms with E-state index in [9.17, 15) is 9.90 Å². The molecule has 9 nitrogen and oxygen atoms in total. The Morgan fingerprint density at radius 1 is 1.21 bits per heavy atom. The Labute approximate surface area is 198 Å². The fourth-order valence-corrected chi connectivity index (χ4v) is 4.89. The molecule has 1 amide bonds. The lowest BCUT2D eigenvalue weighted by atomic mass is 9.74. The van der Waals surface area contributed by atoms with Crippen molar-refractivity contribution in [3.8, 4) is 0 Å². The third kappa shape index (κ3) is 6.66. The van der Waals surface area contributed by atoms with E-state index in [2.05, 4.69) is 26.1 Å². The lowest BCUT2D eigenvalue weighted by Gasteiger charge is -2.48. The van der Waals surface area contributed by atoms with Gasteiger partial charge in [0.2, 0.25) is 5.79 Å². The van der Waals surface area contributed by atoms with Crippen molar-refractivity contribution in [1.82, 2.24) is 5.32 Å². The van der Waals surface area contributed by atoms with Crippen LogP contribution in [-0.4, -0.2) is 95.0 Å². The third-order valence-corrected chi connectivity index (χ3v) is 7.59. The van der Waals surface area contributed by atoms with Gasteiger partial charge < -0.3 is 38.8 Å². The van der Waals surface area contributed by atoms with Crippen LogP contribution < -0.4 is 5.32 Å². The van der Waals surface area contributed by atoms with E-state index in [4.69, 9.17) is 28.4 Å². The van der Waals surface area contributed by atoms with Gasteiger partial charge in [0.15, 0.2) is 6.10 Å². The maximum atomic E-state index is 12.9. The fraction of sp³-hybridized carbons (Fsp3) is 0.958. The first-order valence-corrected chi connectivity index (χ1v) is 11.9. The highest BCUT2D eigenvalue weighted by Gasteiger charge is 2.49. The number of carbonyl (C=O) groups is 1. The molecule has 0 aromatic carbocycles. The van der Waals surface area contributed by atoms with Gasteiger partial charge in [-0.05, 0) is 19.3 Å². The third-order valence-electron chi connectivity index (χ3n) is 7.59. The minimum Gasteiger partial charge on any atom is -0.382 e. The van der Waals surface area contributed by atoms with Crippen LogP contribution in [0, 0.1) is 11.3 Å². The second-order valence-corrected chi connectivity index (χ2v) is 10.1. The van der Waals surface area contributed by atoms with Crippen molar-refractivity contribution < 1.29 is 38.3 Å². The number of ether oxygens (including phenoxy) is 6. The highest BCUT2D eigenvalue weighted by atomic mass is 16.7. The number of rotatable bonds is 11. The molecule has 2 N–H and O–H groups in total. The zero-order valence-electron chi connectivity index (χ0n) is 21.6. The van der Waals surface area contributed by atoms with E-state index in [-0.39, 0.29) is 42.5 Å². The highest BCUT2D eigenvalue weighted by molar-refractivity contribution is 5.81. The topological polar surface area (TPSA) is 105 Å². The van der Waals surface area contributed by atoms with E-state index in [1.165, 1.54) is 7.11 Å². The van der Waals surface area contributed by atoms with Crippen molar-refractivity contribution in [2.24, 2.45) is 11.3 Å². The number of hydrogen-bond donors (Lipinski definition) is 2. The van der Waals surface area contributed by atoms with Gasteiger partial charge >= 0.3 is 0 Å². The summed E-state index contributed by atoms with van der Waals surface area (Å²) >= 11 is 0. The number of carbonyl (C=O) groups excluding carboxylic acids is 1. The Morgan fingerprint density at radius 3 is 2.45 bits per heavy atom. The molecule has 0 unspecified atom stereocenters. The fourth-order valence-electron chi connectivity index (χ4n) is 4.89. The molecule has 0 aliphatic carbocycles. The van der Waals surface area contributed by atoms with E-state index in [0.717, 1.165) is 6.42 Å². The summed E-state index contributed by atoms with van der Waals surface area (Å²) in [7, 11) is 6.46. The molecule has 2 fully saturated rings. The molecule has 2 rings (SSSR count). The average Bonchev–Trinajstić information content (AvgIpc) is 2.79. The van der Waals surface area contributed by atoms with Crippen LogP contribution in [0.1, 0.15) is 53.4 Å². The molecule has 8 atom stereocenters. The van der Waals surface area contributed by atoms with Gasteiger partial charge in [0.05, 0.1) is 37.1 Å². The van der Waals surface area contributed by atoms with Crippen molar-refractivity contribution in [3.63, 3.8) is 0 Å². The molecule has 2 aliphatic rings. The van der Waals surface area contributed by atoms with Crippen molar-refractivity contribution in [1.29, 1.82) is 0 Å². The van der Waals surface area contributed by atoms with Crippen molar-refractivity contribution >= 4 is 5.91 Å². The lowest BCUT2D eigenvalue weighted by Crippen LogP contribution is -2.59. The van der Waals surface area contributed by atoms with Crippen LogP contribution in [0.15, 0.2) is 0 Å². The molecule has 2 aliphatic heterocycles. The summed E-state index contributed by atoms with van der Waals surface area (Å²) in [5.74, 6) is -1.54. The molecule has 2 heterocycles. The minimum absolute atomic E-state index is 0.0579. The molecule has 0 aromatic rings. The molecule has 0 aromatic heterocycles. The predicted octanol–water partition coefficient (Wildman–Crippen LogP) is 1.89. The Balaban J connectivity index is 2.03. The lowest BCUT2D eigenvalue weighted by molar-refractivity contribution is -0.308. The second-order valence-electron chi connectivity index (χ2n) is 10.1. The zero-order chi connectivity index (χ0) is 24.8. The van der Waals surface area contributed by atoms with Gasteiger partial charge in [-0.2, -0.15) is 0 Å². The zero-order valence-corrected chi connectivity index (χ0v) is 21.6. The molecular weight excluding hydrogens is 430 g/mol. The summed E-state index contributed by atoms with van der Waals surface area (Å²) in [6, 6.07) is 0. The molecule has 194 valence electrons. The smallest absolute Gasteiger partial charge is 0.254 e. The maximum absolute atomic E-state index is 12.9. The van der Waals surface area contributed by atoms with Crippen LogP contribution in [0.2, 0.25) is 0 Å². The standard InChI is InChI=1S/C24H45NO8/c1-15-9-10-24(31-8,33-16(15)2)21(26)22(27)25-13-17-11-19(30-7)23(3,4)20(32-17)12-18(29-6)14-28-5/h15-21,26H,9-14H2,1-8H3,(H,25,27)/t15-,16-,17+,18+,19-,20-,21-,24-/m1/s1. The summed E-state index contributed by atoms with van der Waals surface area (Å²) in [6.45, 7) is 8.97. The van der Waals surface area contributed by atoms with Crippen LogP contribution in [0.25, 0.3) is 0 Å². The summed E-state index contributed by atoms with van der Waals surface area (Å²) in [4.78, 5) is 12.9. The Bertz CT molecular complexity index is 617. The quantitative estimate of drug-likeness (QED) is 0.467. The Hall–Kier alpha value is -0.810. The minimum atomic E-state index is -1.44. The molecule has 0 bridgehead atoms. The van der Waals surface area contributed by atoms with E-state index >= 15 is 0 Å². The van der Waals surface area contributed by atoms with Crippen molar-refractivity contribution in [2.45, 2.75) is 95.8 Å². The van der Waals surface area contributed by atoms with E-state index < -0.39 is 17.8 Å². The highest BCUT2D eigenvalue weighted by Crippen LogP contribution is 2.40. The van der Waals surface area contributed by atoms with Gasteiger partial charge in [0.1, 0.15) is 0 Å². The van der Waals surface area contributed by atoms with Gasteiger partial charge in [-0.25, -0.2) is 0 Å². The largest absolute Gasteiger partial charge is 0.382 e. The summed E-state index contributed by atoms with van der Waals surface area (Å²) in [5.41, 5.74) is -0.248. The van der Waals surface area contributed by atoms with Crippen molar-refractivity contribution in [3.05, 3.63) is 0 Å². The average molecular weight is 476 g/mol. The summed E-state index contributed by atoms with van der Waals surface area (Å²) in [5, 5.41) is 13.6. The van der Waals surface area contributed by atoms with Crippen LogP contribution in [-0.2, 0) is 33.2 Å². The Kier molecular flexibility index (Phi) is 10.5. The van der Waals surface area contributed by atoms with E-state index in [0.29, 0.717) is 31.8 Å². The number of aliphatic hydroxyl groups is 1. The Morgan fingerprint density at radius 2 is 1.91 bits per heavy atom. The molecule has 33 heavy (non-hydrogen) atoms. The number of methoxy groups -OCH3 is 4. The number of nitrogens with one attached hydrogen (secondary N) is 1. The van der Waals surface area contributed by atoms with Gasteiger partial charge in [0.25, 0.3) is 5.91 Å². The summed E-state index contributed by atoms with van der Waals surface area (Å²) < 4.78 is 34.5. The summed E-state index contributed by atoms with van der Waals surface area (Å²) in [6.07, 6.45) is 0.369. The van der Waals surface area contributed by atoms with Gasteiger partial charge in [-0.1, -0.05) is 20.8 Å². The normalized spacial score (nSPS) is 36.2. The first-order chi connectivity index (χ1) is 15.5. The second kappa shape index (κ2) is 12.2. The van der Waals surface area contributed by atoms with Crippen LogP contribution in [0.4, 0.5) is 0 Å². The van der Waals surface area contributed by atoms with E-state index in [1.54, 1.807) is 21.3 Å². The van der Waals surface area contributed by atoms with Crippen LogP contribution in [0.5, 0.6) is 0 Å². The molecule has 9 heteroatoms. The molecule has 0 radical (unpaired) electrons. The van der Waals surface area contributed by atoms with Crippen LogP contribution in [0.3, 0.4) is 0 Å². The number of aliphatic hydroxyl groups excluding tert-OH is 1. The van der Waals surface area contributed by atoms with Gasteiger partial charge in [-0.3, -0.25) is 4.79 Å². The monoisotopic (exact) mass is 475 g/mol. The van der Waals surface area contributed by atoms with Crippen LogP contribution >= 0.6 is 0 Å². The van der Waals surface area contributed by atoms with Crippen molar-refractivity contribution in [2.75, 3.05) is 41.6 Å².